The molecule has 2 atom stereocenters. The number of hydrogen-bond acceptors (Lipinski definition) is 4. The van der Waals surface area contributed by atoms with E-state index in [1.807, 2.05) is 13.8 Å². The molecule has 0 spiro atoms. The quantitative estimate of drug-likeness (QED) is 0.612. The van der Waals surface area contributed by atoms with Crippen LogP contribution in [0, 0.1) is 17.3 Å². The molecule has 1 N–H and O–H groups in total. The highest BCUT2D eigenvalue weighted by atomic mass is 35.5. The van der Waals surface area contributed by atoms with E-state index in [9.17, 15) is 4.79 Å². The highest BCUT2D eigenvalue weighted by Crippen LogP contribution is 2.59. The summed E-state index contributed by atoms with van der Waals surface area (Å²) in [5, 5.41) is 4.01. The average molecular weight is 371 g/mol. The number of ether oxygens (including phenoxy) is 2. The van der Waals surface area contributed by atoms with Crippen LogP contribution in [0.2, 0.25) is 0 Å². The second-order valence-electron chi connectivity index (χ2n) is 6.12. The zero-order valence-corrected chi connectivity index (χ0v) is 15.5. The monoisotopic (exact) mass is 370 g/mol. The first kappa shape index (κ1) is 18.6. The third-order valence-corrected chi connectivity index (χ3v) is 4.57. The molecule has 1 fully saturated rings. The molecular formula is C17H20Cl2N2O3. The summed E-state index contributed by atoms with van der Waals surface area (Å²) in [6.45, 7) is 3.98. The van der Waals surface area contributed by atoms with E-state index in [0.717, 1.165) is 5.56 Å². The Morgan fingerprint density at radius 1 is 1.29 bits per heavy atom. The molecule has 7 heteroatoms. The molecule has 1 aliphatic rings. The van der Waals surface area contributed by atoms with Crippen molar-refractivity contribution in [3.8, 4) is 11.5 Å². The van der Waals surface area contributed by atoms with Crippen molar-refractivity contribution in [1.29, 1.82) is 0 Å². The molecule has 2 unspecified atom stereocenters. The second kappa shape index (κ2) is 7.45. The third-order valence-electron chi connectivity index (χ3n) is 4.32. The molecule has 0 aromatic heterocycles. The number of nitrogens with one attached hydrogen (secondary N) is 1. The van der Waals surface area contributed by atoms with Gasteiger partial charge in [-0.3, -0.25) is 4.79 Å². The van der Waals surface area contributed by atoms with Crippen molar-refractivity contribution >= 4 is 35.3 Å². The number of hydrazone groups is 1. The van der Waals surface area contributed by atoms with E-state index in [0.29, 0.717) is 11.5 Å². The number of carbonyl (C=O) groups excluding carboxylic acids is 1. The van der Waals surface area contributed by atoms with Gasteiger partial charge >= 0.3 is 0 Å². The third kappa shape index (κ3) is 4.02. The molecule has 0 aliphatic heterocycles. The fourth-order valence-electron chi connectivity index (χ4n) is 2.79. The van der Waals surface area contributed by atoms with Gasteiger partial charge in [0, 0.05) is 11.6 Å². The van der Waals surface area contributed by atoms with E-state index in [-0.39, 0.29) is 27.6 Å². The molecule has 2 rings (SSSR count). The van der Waals surface area contributed by atoms with Gasteiger partial charge in [0.05, 0.1) is 26.4 Å². The van der Waals surface area contributed by atoms with Crippen LogP contribution in [0.4, 0.5) is 0 Å². The number of amides is 1. The Morgan fingerprint density at radius 2 is 2.00 bits per heavy atom. The fourth-order valence-corrected chi connectivity index (χ4v) is 3.06. The summed E-state index contributed by atoms with van der Waals surface area (Å²) in [4.78, 5) is 12.3. The summed E-state index contributed by atoms with van der Waals surface area (Å²) in [6, 6.07) is 5.34. The minimum atomic E-state index is -0.208. The number of carbonyl (C=O) groups is 1. The Bertz CT molecular complexity index is 682. The minimum Gasteiger partial charge on any atom is -0.497 e. The zero-order chi connectivity index (χ0) is 17.9. The van der Waals surface area contributed by atoms with Crippen LogP contribution in [0.1, 0.15) is 19.4 Å². The lowest BCUT2D eigenvalue weighted by molar-refractivity contribution is -0.123. The minimum absolute atomic E-state index is 0.00761. The summed E-state index contributed by atoms with van der Waals surface area (Å²) in [7, 11) is 3.14. The topological polar surface area (TPSA) is 59.9 Å². The number of methoxy groups -OCH3 is 2. The Hall–Kier alpha value is -1.72. The molecule has 1 aromatic rings. The molecule has 0 saturated heterocycles. The molecule has 5 nitrogen and oxygen atoms in total. The summed E-state index contributed by atoms with van der Waals surface area (Å²) >= 11 is 11.4. The standard InChI is InChI=1S/C17H20Cl2N2O3/c1-17(2)12(8-14(18)19)15(17)16(22)21-20-9-10-5-6-11(23-3)7-13(10)24-4/h5-9,12,15H,1-4H3,(H,21,22). The highest BCUT2D eigenvalue weighted by Gasteiger charge is 2.60. The van der Waals surface area contributed by atoms with E-state index >= 15 is 0 Å². The normalized spacial score (nSPS) is 21.2. The van der Waals surface area contributed by atoms with Crippen molar-refractivity contribution in [2.24, 2.45) is 22.4 Å². The Balaban J connectivity index is 2.02. The maximum atomic E-state index is 12.3. The fraction of sp³-hybridized carbons (Fsp3) is 0.412. The van der Waals surface area contributed by atoms with Gasteiger partial charge in [-0.05, 0) is 29.5 Å². The highest BCUT2D eigenvalue weighted by molar-refractivity contribution is 6.55. The van der Waals surface area contributed by atoms with Gasteiger partial charge in [0.15, 0.2) is 0 Å². The van der Waals surface area contributed by atoms with Crippen molar-refractivity contribution in [1.82, 2.24) is 5.43 Å². The van der Waals surface area contributed by atoms with E-state index in [2.05, 4.69) is 10.5 Å². The van der Waals surface area contributed by atoms with Crippen LogP contribution < -0.4 is 14.9 Å². The predicted octanol–water partition coefficient (Wildman–Crippen LogP) is 3.75. The van der Waals surface area contributed by atoms with Gasteiger partial charge in [-0.2, -0.15) is 5.10 Å². The maximum Gasteiger partial charge on any atom is 0.244 e. The molecule has 130 valence electrons. The smallest absolute Gasteiger partial charge is 0.244 e. The van der Waals surface area contributed by atoms with Crippen molar-refractivity contribution in [3.05, 3.63) is 34.3 Å². The first-order valence-corrected chi connectivity index (χ1v) is 8.14. The van der Waals surface area contributed by atoms with Crippen LogP contribution >= 0.6 is 23.2 Å². The second-order valence-corrected chi connectivity index (χ2v) is 7.13. The largest absolute Gasteiger partial charge is 0.497 e. The van der Waals surface area contributed by atoms with Gasteiger partial charge in [-0.15, -0.1) is 0 Å². The van der Waals surface area contributed by atoms with Crippen LogP contribution in [0.15, 0.2) is 33.9 Å². The van der Waals surface area contributed by atoms with Gasteiger partial charge in [0.1, 0.15) is 16.0 Å². The van der Waals surface area contributed by atoms with Crippen molar-refractivity contribution in [2.45, 2.75) is 13.8 Å². The number of halogens is 2. The number of allylic oxidation sites excluding steroid dienone is 1. The van der Waals surface area contributed by atoms with E-state index < -0.39 is 0 Å². The summed E-state index contributed by atoms with van der Waals surface area (Å²) < 4.78 is 10.6. The van der Waals surface area contributed by atoms with Crippen LogP contribution in [0.3, 0.4) is 0 Å². The van der Waals surface area contributed by atoms with Gasteiger partial charge in [-0.25, -0.2) is 5.43 Å². The lowest BCUT2D eigenvalue weighted by Crippen LogP contribution is -2.22. The van der Waals surface area contributed by atoms with Gasteiger partial charge < -0.3 is 9.47 Å². The zero-order valence-electron chi connectivity index (χ0n) is 14.0. The number of nitrogens with zero attached hydrogens (tertiary/aromatic N) is 1. The molecule has 1 aliphatic carbocycles. The first-order valence-electron chi connectivity index (χ1n) is 7.39. The lowest BCUT2D eigenvalue weighted by Gasteiger charge is -2.07. The van der Waals surface area contributed by atoms with Crippen molar-refractivity contribution < 1.29 is 14.3 Å². The average Bonchev–Trinajstić information content (AvgIpc) is 3.07. The predicted molar refractivity (Wildman–Crippen MR) is 95.8 cm³/mol. The summed E-state index contributed by atoms with van der Waals surface area (Å²) in [5.41, 5.74) is 3.10. The van der Waals surface area contributed by atoms with Gasteiger partial charge in [-0.1, -0.05) is 37.0 Å². The number of rotatable bonds is 6. The maximum absolute atomic E-state index is 12.3. The van der Waals surface area contributed by atoms with E-state index in [1.54, 1.807) is 38.5 Å². The first-order chi connectivity index (χ1) is 11.3. The van der Waals surface area contributed by atoms with Gasteiger partial charge in [0.25, 0.3) is 0 Å². The lowest BCUT2D eigenvalue weighted by atomic mass is 10.1. The van der Waals surface area contributed by atoms with Crippen molar-refractivity contribution in [2.75, 3.05) is 14.2 Å². The molecule has 0 bridgehead atoms. The molecule has 1 aromatic carbocycles. The Kier molecular flexibility index (Phi) is 5.78. The van der Waals surface area contributed by atoms with Crippen LogP contribution in [0.25, 0.3) is 0 Å². The number of benzene rings is 1. The van der Waals surface area contributed by atoms with E-state index in [1.165, 1.54) is 6.21 Å². The molecule has 0 radical (unpaired) electrons. The van der Waals surface area contributed by atoms with E-state index in [4.69, 9.17) is 32.7 Å². The van der Waals surface area contributed by atoms with Crippen molar-refractivity contribution in [3.63, 3.8) is 0 Å². The number of hydrogen-bond donors (Lipinski definition) is 1. The van der Waals surface area contributed by atoms with Crippen LogP contribution in [0.5, 0.6) is 11.5 Å². The SMILES string of the molecule is COc1ccc(C=NNC(=O)C2C(C=C(Cl)Cl)C2(C)C)c(OC)c1. The molecule has 1 amide bonds. The summed E-state index contributed by atoms with van der Waals surface area (Å²) in [5.74, 6) is 0.918. The molecule has 0 heterocycles. The molecule has 24 heavy (non-hydrogen) atoms. The van der Waals surface area contributed by atoms with Crippen LogP contribution in [-0.4, -0.2) is 26.3 Å². The Morgan fingerprint density at radius 3 is 2.58 bits per heavy atom. The molecule has 1 saturated carbocycles. The van der Waals surface area contributed by atoms with Crippen LogP contribution in [-0.2, 0) is 4.79 Å². The molecular weight excluding hydrogens is 351 g/mol. The van der Waals surface area contributed by atoms with Gasteiger partial charge in [0.2, 0.25) is 5.91 Å². The summed E-state index contributed by atoms with van der Waals surface area (Å²) in [6.07, 6.45) is 3.23. The Labute approximate surface area is 151 Å².